The zero-order chi connectivity index (χ0) is 24.5. The summed E-state index contributed by atoms with van der Waals surface area (Å²) in [6.07, 6.45) is 0. The third-order valence-corrected chi connectivity index (χ3v) is 6.34. The van der Waals surface area contributed by atoms with E-state index in [2.05, 4.69) is 0 Å². The molecule has 4 aromatic carbocycles. The van der Waals surface area contributed by atoms with Crippen LogP contribution in [0.25, 0.3) is 11.1 Å². The van der Waals surface area contributed by atoms with Gasteiger partial charge in [-0.15, -0.1) is 0 Å². The lowest BCUT2D eigenvalue weighted by molar-refractivity contribution is -0.113. The number of halogens is 2. The summed E-state index contributed by atoms with van der Waals surface area (Å²) < 4.78 is 0. The summed E-state index contributed by atoms with van der Waals surface area (Å²) in [4.78, 5) is 27.2. The average Bonchev–Trinajstić information content (AvgIpc) is 3.11. The molecule has 0 fully saturated rings. The second-order valence-electron chi connectivity index (χ2n) is 8.19. The van der Waals surface area contributed by atoms with Crippen LogP contribution in [-0.2, 0) is 11.3 Å². The second kappa shape index (κ2) is 9.41. The molecule has 1 aliphatic rings. The lowest BCUT2D eigenvalue weighted by Crippen LogP contribution is -2.26. The summed E-state index contributed by atoms with van der Waals surface area (Å²) in [5, 5.41) is 10.3. The van der Waals surface area contributed by atoms with Crippen LogP contribution in [0.5, 0.6) is 0 Å². The van der Waals surface area contributed by atoms with Crippen molar-refractivity contribution in [2.45, 2.75) is 6.54 Å². The van der Waals surface area contributed by atoms with Gasteiger partial charge in [-0.25, -0.2) is 4.79 Å². The first-order chi connectivity index (χ1) is 16.9. The van der Waals surface area contributed by atoms with Crippen LogP contribution in [0.3, 0.4) is 0 Å². The summed E-state index contributed by atoms with van der Waals surface area (Å²) >= 11 is 12.7. The van der Waals surface area contributed by atoms with Crippen molar-refractivity contribution in [2.75, 3.05) is 4.90 Å². The topological polar surface area (TPSA) is 57.6 Å². The number of fused-ring (bicyclic) bond motifs is 1. The third-order valence-electron chi connectivity index (χ3n) is 5.90. The van der Waals surface area contributed by atoms with Crippen molar-refractivity contribution in [1.82, 2.24) is 0 Å². The van der Waals surface area contributed by atoms with E-state index in [0.29, 0.717) is 15.6 Å². The van der Waals surface area contributed by atoms with Gasteiger partial charge in [-0.2, -0.15) is 0 Å². The molecule has 0 saturated carbocycles. The molecule has 6 heteroatoms. The molecule has 0 aromatic heterocycles. The molecule has 0 saturated heterocycles. The number of carboxylic acid groups (broad SMARTS) is 1. The average molecular weight is 500 g/mol. The van der Waals surface area contributed by atoms with E-state index < -0.39 is 5.97 Å². The highest BCUT2D eigenvalue weighted by Crippen LogP contribution is 2.44. The molecule has 35 heavy (non-hydrogen) atoms. The number of carbonyl (C=O) groups is 2. The van der Waals surface area contributed by atoms with Crippen LogP contribution >= 0.6 is 23.2 Å². The maximum Gasteiger partial charge on any atom is 0.335 e. The lowest BCUT2D eigenvalue weighted by atomic mass is 9.90. The van der Waals surface area contributed by atoms with E-state index in [1.165, 1.54) is 6.07 Å². The Kier molecular flexibility index (Phi) is 6.16. The molecule has 4 aromatic rings. The van der Waals surface area contributed by atoms with E-state index in [9.17, 15) is 14.7 Å². The fraction of sp³-hybridized carbons (Fsp3) is 0.0345. The summed E-state index contributed by atoms with van der Waals surface area (Å²) in [6.45, 7) is 0.235. The van der Waals surface area contributed by atoms with E-state index in [-0.39, 0.29) is 18.0 Å². The molecule has 1 heterocycles. The standard InChI is InChI=1S/C29H19Cl2NO3/c30-22-14-21(15-23(31)16-22)26(19-8-2-1-3-9-19)27-24-11-4-5-12-25(24)32(28(27)33)17-18-7-6-10-20(13-18)29(34)35/h1-16H,17H2,(H,34,35). The molecule has 1 amide bonds. The lowest BCUT2D eigenvalue weighted by Gasteiger charge is -2.18. The molecule has 172 valence electrons. The van der Waals surface area contributed by atoms with Crippen LogP contribution in [-0.4, -0.2) is 17.0 Å². The summed E-state index contributed by atoms with van der Waals surface area (Å²) in [5.41, 5.74) is 5.32. The summed E-state index contributed by atoms with van der Waals surface area (Å²) in [6, 6.07) is 29.2. The highest BCUT2D eigenvalue weighted by Gasteiger charge is 2.35. The Hall–Kier alpha value is -3.86. The highest BCUT2D eigenvalue weighted by molar-refractivity contribution is 6.39. The number of aromatic carboxylic acids is 1. The van der Waals surface area contributed by atoms with Gasteiger partial charge < -0.3 is 10.0 Å². The van der Waals surface area contributed by atoms with Gasteiger partial charge in [0.05, 0.1) is 23.4 Å². The van der Waals surface area contributed by atoms with Crippen LogP contribution in [0.2, 0.25) is 10.0 Å². The van der Waals surface area contributed by atoms with Crippen molar-refractivity contribution in [2.24, 2.45) is 0 Å². The van der Waals surface area contributed by atoms with Gasteiger partial charge in [0, 0.05) is 21.2 Å². The maximum atomic E-state index is 14.0. The van der Waals surface area contributed by atoms with Crippen molar-refractivity contribution in [3.05, 3.63) is 135 Å². The molecule has 0 radical (unpaired) electrons. The molecule has 1 aliphatic heterocycles. The monoisotopic (exact) mass is 499 g/mol. The number of hydrogen-bond donors (Lipinski definition) is 1. The fourth-order valence-electron chi connectivity index (χ4n) is 4.42. The predicted octanol–water partition coefficient (Wildman–Crippen LogP) is 7.20. The molecular weight excluding hydrogens is 481 g/mol. The normalized spacial score (nSPS) is 14.1. The Morgan fingerprint density at radius 3 is 2.11 bits per heavy atom. The zero-order valence-electron chi connectivity index (χ0n) is 18.4. The van der Waals surface area contributed by atoms with Gasteiger partial charge in [0.15, 0.2) is 0 Å². The minimum atomic E-state index is -1.01. The molecule has 0 atom stereocenters. The number of nitrogens with zero attached hydrogens (tertiary/aromatic N) is 1. The van der Waals surface area contributed by atoms with Crippen molar-refractivity contribution in [3.63, 3.8) is 0 Å². The number of amides is 1. The molecule has 5 rings (SSSR count). The van der Waals surface area contributed by atoms with Gasteiger partial charge in [0.25, 0.3) is 5.91 Å². The number of para-hydroxylation sites is 1. The maximum absolute atomic E-state index is 14.0. The van der Waals surface area contributed by atoms with E-state index >= 15 is 0 Å². The van der Waals surface area contributed by atoms with E-state index in [4.69, 9.17) is 23.2 Å². The van der Waals surface area contributed by atoms with Gasteiger partial charge in [0.1, 0.15) is 0 Å². The van der Waals surface area contributed by atoms with E-state index in [1.54, 1.807) is 35.2 Å². The molecule has 0 unspecified atom stereocenters. The van der Waals surface area contributed by atoms with Crippen LogP contribution in [0.1, 0.15) is 32.6 Å². The zero-order valence-corrected chi connectivity index (χ0v) is 19.9. The van der Waals surface area contributed by atoms with Crippen molar-refractivity contribution in [3.8, 4) is 0 Å². The number of carboxylic acids is 1. The van der Waals surface area contributed by atoms with Crippen LogP contribution in [0, 0.1) is 0 Å². The second-order valence-corrected chi connectivity index (χ2v) is 9.06. The third kappa shape index (κ3) is 4.46. The van der Waals surface area contributed by atoms with Gasteiger partial charge in [-0.05, 0) is 53.1 Å². The number of anilines is 1. The summed E-state index contributed by atoms with van der Waals surface area (Å²) in [7, 11) is 0. The van der Waals surface area contributed by atoms with Crippen molar-refractivity contribution in [1.29, 1.82) is 0 Å². The minimum Gasteiger partial charge on any atom is -0.478 e. The number of carbonyl (C=O) groups excluding carboxylic acids is 1. The van der Waals surface area contributed by atoms with Crippen LogP contribution < -0.4 is 4.90 Å². The first-order valence-electron chi connectivity index (χ1n) is 10.9. The SMILES string of the molecule is O=C(O)c1cccc(CN2C(=O)C(=C(c3ccccc3)c3cc(Cl)cc(Cl)c3)c3ccccc32)c1. The first-order valence-corrected chi connectivity index (χ1v) is 11.7. The van der Waals surface area contributed by atoms with Gasteiger partial charge in [-0.3, -0.25) is 4.79 Å². The van der Waals surface area contributed by atoms with E-state index in [0.717, 1.165) is 33.5 Å². The van der Waals surface area contributed by atoms with Crippen LogP contribution in [0.4, 0.5) is 5.69 Å². The Bertz CT molecular complexity index is 1470. The largest absolute Gasteiger partial charge is 0.478 e. The molecular formula is C29H19Cl2NO3. The quantitative estimate of drug-likeness (QED) is 0.295. The van der Waals surface area contributed by atoms with Crippen molar-refractivity contribution >= 4 is 51.9 Å². The summed E-state index contributed by atoms with van der Waals surface area (Å²) in [5.74, 6) is -1.19. The smallest absolute Gasteiger partial charge is 0.335 e. The fourth-order valence-corrected chi connectivity index (χ4v) is 4.95. The Morgan fingerprint density at radius 2 is 1.40 bits per heavy atom. The molecule has 0 spiro atoms. The molecule has 4 nitrogen and oxygen atoms in total. The Balaban J connectivity index is 1.71. The van der Waals surface area contributed by atoms with Gasteiger partial charge >= 0.3 is 5.97 Å². The van der Waals surface area contributed by atoms with E-state index in [1.807, 2.05) is 60.7 Å². The molecule has 1 N–H and O–H groups in total. The first kappa shape index (κ1) is 22.9. The molecule has 0 aliphatic carbocycles. The predicted molar refractivity (Wildman–Crippen MR) is 140 cm³/mol. The number of hydrogen-bond acceptors (Lipinski definition) is 2. The number of rotatable bonds is 5. The highest BCUT2D eigenvalue weighted by atomic mass is 35.5. The van der Waals surface area contributed by atoms with Gasteiger partial charge in [0.2, 0.25) is 0 Å². The Labute approximate surface area is 212 Å². The van der Waals surface area contributed by atoms with Gasteiger partial charge in [-0.1, -0.05) is 83.9 Å². The number of benzene rings is 4. The molecule has 0 bridgehead atoms. The Morgan fingerprint density at radius 1 is 0.743 bits per heavy atom. The minimum absolute atomic E-state index is 0.178. The van der Waals surface area contributed by atoms with Crippen LogP contribution in [0.15, 0.2) is 97.1 Å². The van der Waals surface area contributed by atoms with Crippen molar-refractivity contribution < 1.29 is 14.7 Å².